The van der Waals surface area contributed by atoms with Crippen LogP contribution in [0.25, 0.3) is 11.7 Å². The van der Waals surface area contributed by atoms with Gasteiger partial charge in [-0.2, -0.15) is 0 Å². The quantitative estimate of drug-likeness (QED) is 0.421. The van der Waals surface area contributed by atoms with Gasteiger partial charge in [-0.15, -0.1) is 10.2 Å². The normalized spacial score (nSPS) is 11.0. The van der Waals surface area contributed by atoms with Crippen molar-refractivity contribution in [1.29, 1.82) is 0 Å². The number of non-ortho nitro benzene ring substituents is 1. The van der Waals surface area contributed by atoms with Crippen molar-refractivity contribution in [3.63, 3.8) is 0 Å². The monoisotopic (exact) mass is 387 g/mol. The summed E-state index contributed by atoms with van der Waals surface area (Å²) in [7, 11) is 0. The molecule has 0 saturated heterocycles. The van der Waals surface area contributed by atoms with E-state index in [4.69, 9.17) is 0 Å². The lowest BCUT2D eigenvalue weighted by molar-refractivity contribution is -0.384. The number of halogens is 1. The highest BCUT2D eigenvalue weighted by Gasteiger charge is 2.08. The standard InChI is InChI=1S/C15H10BrN5O3/c16-11-7-13(15-19-17-9-20(15)8-11)18-14(22)6-3-10-1-4-12(5-2-10)21(23)24/h1-9H,(H,18,22)/b6-3+. The van der Waals surface area contributed by atoms with Crippen LogP contribution in [0.4, 0.5) is 11.4 Å². The number of benzene rings is 1. The highest BCUT2D eigenvalue weighted by molar-refractivity contribution is 9.10. The van der Waals surface area contributed by atoms with E-state index in [1.165, 1.54) is 24.5 Å². The SMILES string of the molecule is O=C(/C=C/c1ccc([N+](=O)[O-])cc1)Nc1cc(Br)cn2cnnc12. The number of aromatic nitrogens is 3. The van der Waals surface area contributed by atoms with Gasteiger partial charge in [-0.3, -0.25) is 19.3 Å². The molecule has 0 aliphatic rings. The lowest BCUT2D eigenvalue weighted by Gasteiger charge is -2.04. The average Bonchev–Trinajstić information content (AvgIpc) is 3.01. The summed E-state index contributed by atoms with van der Waals surface area (Å²) in [6, 6.07) is 7.62. The van der Waals surface area contributed by atoms with Crippen LogP contribution in [0.1, 0.15) is 5.56 Å². The second kappa shape index (κ2) is 6.59. The minimum Gasteiger partial charge on any atom is -0.319 e. The topological polar surface area (TPSA) is 102 Å². The molecule has 8 nitrogen and oxygen atoms in total. The minimum absolute atomic E-state index is 0.0000588. The first-order valence-corrected chi connectivity index (χ1v) is 7.54. The molecule has 0 saturated carbocycles. The van der Waals surface area contributed by atoms with Gasteiger partial charge in [0, 0.05) is 28.9 Å². The summed E-state index contributed by atoms with van der Waals surface area (Å²) in [5.41, 5.74) is 1.72. The van der Waals surface area contributed by atoms with E-state index < -0.39 is 4.92 Å². The lowest BCUT2D eigenvalue weighted by atomic mass is 10.2. The zero-order valence-electron chi connectivity index (χ0n) is 12.1. The summed E-state index contributed by atoms with van der Waals surface area (Å²) in [6.45, 7) is 0. The zero-order chi connectivity index (χ0) is 17.1. The summed E-state index contributed by atoms with van der Waals surface area (Å²) >= 11 is 3.35. The summed E-state index contributed by atoms with van der Waals surface area (Å²) < 4.78 is 2.45. The number of nitrogens with zero attached hydrogens (tertiary/aromatic N) is 4. The Hall–Kier alpha value is -3.07. The van der Waals surface area contributed by atoms with Crippen molar-refractivity contribution in [3.8, 4) is 0 Å². The maximum absolute atomic E-state index is 12.1. The van der Waals surface area contributed by atoms with Crippen LogP contribution in [0.2, 0.25) is 0 Å². The largest absolute Gasteiger partial charge is 0.319 e. The van der Waals surface area contributed by atoms with E-state index in [1.807, 2.05) is 0 Å². The molecule has 0 aliphatic heterocycles. The molecule has 9 heteroatoms. The first-order valence-electron chi connectivity index (χ1n) is 6.75. The Morgan fingerprint density at radius 2 is 2.08 bits per heavy atom. The molecule has 0 unspecified atom stereocenters. The van der Waals surface area contributed by atoms with Gasteiger partial charge in [-0.25, -0.2) is 0 Å². The molecule has 3 aromatic rings. The molecule has 2 aromatic heterocycles. The number of nitrogens with one attached hydrogen (secondary N) is 1. The van der Waals surface area contributed by atoms with Crippen molar-refractivity contribution >= 4 is 44.9 Å². The summed E-state index contributed by atoms with van der Waals surface area (Å²) in [5, 5.41) is 21.1. The van der Waals surface area contributed by atoms with Crippen LogP contribution in [0.15, 0.2) is 53.4 Å². The highest BCUT2D eigenvalue weighted by atomic mass is 79.9. The van der Waals surface area contributed by atoms with Gasteiger partial charge in [0.25, 0.3) is 5.69 Å². The van der Waals surface area contributed by atoms with Crippen LogP contribution in [0.3, 0.4) is 0 Å². The number of nitro benzene ring substituents is 1. The number of pyridine rings is 1. The average molecular weight is 388 g/mol. The molecule has 0 atom stereocenters. The van der Waals surface area contributed by atoms with Gasteiger partial charge in [-0.05, 0) is 45.8 Å². The third kappa shape index (κ3) is 3.46. The molecular formula is C15H10BrN5O3. The maximum Gasteiger partial charge on any atom is 0.269 e. The summed E-state index contributed by atoms with van der Waals surface area (Å²) in [5.74, 6) is -0.351. The highest BCUT2D eigenvalue weighted by Crippen LogP contribution is 2.21. The molecule has 0 aliphatic carbocycles. The van der Waals surface area contributed by atoms with E-state index in [0.29, 0.717) is 16.9 Å². The van der Waals surface area contributed by atoms with Crippen molar-refractivity contribution in [2.75, 3.05) is 5.32 Å². The van der Waals surface area contributed by atoms with Crippen LogP contribution in [-0.2, 0) is 4.79 Å². The van der Waals surface area contributed by atoms with E-state index in [2.05, 4.69) is 31.4 Å². The Balaban J connectivity index is 1.75. The predicted octanol–water partition coefficient (Wildman–Crippen LogP) is 3.05. The molecule has 2 heterocycles. The van der Waals surface area contributed by atoms with Crippen LogP contribution in [0, 0.1) is 10.1 Å². The number of rotatable bonds is 4. The van der Waals surface area contributed by atoms with Crippen LogP contribution in [-0.4, -0.2) is 25.4 Å². The fourth-order valence-electron chi connectivity index (χ4n) is 2.05. The molecule has 0 spiro atoms. The van der Waals surface area contributed by atoms with Gasteiger partial charge in [-0.1, -0.05) is 0 Å². The number of fused-ring (bicyclic) bond motifs is 1. The molecular weight excluding hydrogens is 378 g/mol. The van der Waals surface area contributed by atoms with Crippen LogP contribution in [0.5, 0.6) is 0 Å². The molecule has 3 rings (SSSR count). The molecule has 0 radical (unpaired) electrons. The van der Waals surface area contributed by atoms with Gasteiger partial charge in [0.2, 0.25) is 5.91 Å². The van der Waals surface area contributed by atoms with Gasteiger partial charge in [0.15, 0.2) is 5.65 Å². The number of amides is 1. The lowest BCUT2D eigenvalue weighted by Crippen LogP contribution is -2.09. The van der Waals surface area contributed by atoms with Crippen LogP contribution < -0.4 is 5.32 Å². The third-order valence-electron chi connectivity index (χ3n) is 3.15. The van der Waals surface area contributed by atoms with Crippen molar-refractivity contribution in [2.24, 2.45) is 0 Å². The van der Waals surface area contributed by atoms with Gasteiger partial charge >= 0.3 is 0 Å². The second-order valence-corrected chi connectivity index (χ2v) is 5.72. The first kappa shape index (κ1) is 15.8. The molecule has 0 bridgehead atoms. The van der Waals surface area contributed by atoms with Crippen molar-refractivity contribution in [1.82, 2.24) is 14.6 Å². The zero-order valence-corrected chi connectivity index (χ0v) is 13.7. The molecule has 24 heavy (non-hydrogen) atoms. The number of carbonyl (C=O) groups is 1. The van der Waals surface area contributed by atoms with Crippen molar-refractivity contribution < 1.29 is 9.72 Å². The summed E-state index contributed by atoms with van der Waals surface area (Å²) in [4.78, 5) is 22.2. The van der Waals surface area contributed by atoms with Crippen LogP contribution >= 0.6 is 15.9 Å². The van der Waals surface area contributed by atoms with E-state index in [0.717, 1.165) is 4.47 Å². The molecule has 1 amide bonds. The molecule has 1 aromatic carbocycles. The molecule has 0 fully saturated rings. The van der Waals surface area contributed by atoms with Crippen molar-refractivity contribution in [2.45, 2.75) is 0 Å². The Morgan fingerprint density at radius 3 is 2.79 bits per heavy atom. The Bertz CT molecular complexity index is 949. The fraction of sp³-hybridized carbons (Fsp3) is 0. The number of hydrogen-bond donors (Lipinski definition) is 1. The Kier molecular flexibility index (Phi) is 4.34. The number of nitro groups is 1. The van der Waals surface area contributed by atoms with E-state index >= 15 is 0 Å². The predicted molar refractivity (Wildman–Crippen MR) is 91.4 cm³/mol. The number of hydrogen-bond acceptors (Lipinski definition) is 5. The van der Waals surface area contributed by atoms with E-state index in [-0.39, 0.29) is 11.6 Å². The number of carbonyl (C=O) groups excluding carboxylic acids is 1. The first-order chi connectivity index (χ1) is 11.5. The van der Waals surface area contributed by atoms with Gasteiger partial charge < -0.3 is 5.32 Å². The minimum atomic E-state index is -0.475. The van der Waals surface area contributed by atoms with Gasteiger partial charge in [0.1, 0.15) is 6.33 Å². The Labute approximate surface area is 144 Å². The molecule has 120 valence electrons. The van der Waals surface area contributed by atoms with E-state index in [1.54, 1.807) is 34.9 Å². The smallest absolute Gasteiger partial charge is 0.269 e. The maximum atomic E-state index is 12.1. The molecule has 1 N–H and O–H groups in total. The number of anilines is 1. The van der Waals surface area contributed by atoms with E-state index in [9.17, 15) is 14.9 Å². The third-order valence-corrected chi connectivity index (χ3v) is 3.58. The Morgan fingerprint density at radius 1 is 1.33 bits per heavy atom. The second-order valence-electron chi connectivity index (χ2n) is 4.81. The van der Waals surface area contributed by atoms with Gasteiger partial charge in [0.05, 0.1) is 10.6 Å². The van der Waals surface area contributed by atoms with Crippen molar-refractivity contribution in [3.05, 3.63) is 69.1 Å². The fourth-order valence-corrected chi connectivity index (χ4v) is 2.50. The summed E-state index contributed by atoms with van der Waals surface area (Å²) in [6.07, 6.45) is 6.22.